The number of carbonyl (C=O) groups excluding carboxylic acids is 1. The Morgan fingerprint density at radius 3 is 2.43 bits per heavy atom. The fourth-order valence-corrected chi connectivity index (χ4v) is 2.47. The lowest BCUT2D eigenvalue weighted by Crippen LogP contribution is -2.30. The van der Waals surface area contributed by atoms with Gasteiger partial charge in [0.25, 0.3) is 5.91 Å². The van der Waals surface area contributed by atoms with Crippen LogP contribution in [0.5, 0.6) is 5.88 Å². The van der Waals surface area contributed by atoms with Crippen molar-refractivity contribution in [3.05, 3.63) is 71.9 Å². The van der Waals surface area contributed by atoms with Crippen molar-refractivity contribution in [2.75, 3.05) is 12.5 Å². The highest BCUT2D eigenvalue weighted by Gasteiger charge is 2.30. The number of benzene rings is 2. The molecule has 0 bridgehead atoms. The predicted molar refractivity (Wildman–Crippen MR) is 96.6 cm³/mol. The summed E-state index contributed by atoms with van der Waals surface area (Å²) in [6, 6.07) is 12.7. The molecule has 0 fully saturated rings. The van der Waals surface area contributed by atoms with Gasteiger partial charge in [0.2, 0.25) is 11.8 Å². The maximum atomic E-state index is 12.8. The van der Waals surface area contributed by atoms with E-state index in [1.54, 1.807) is 30.3 Å². The number of nitrogens with one attached hydrogen (secondary N) is 2. The van der Waals surface area contributed by atoms with Crippen LogP contribution in [0.4, 0.5) is 19.1 Å². The van der Waals surface area contributed by atoms with Gasteiger partial charge in [0.1, 0.15) is 0 Å². The molecule has 0 aliphatic heterocycles. The highest BCUT2D eigenvalue weighted by Crippen LogP contribution is 2.31. The molecule has 1 aromatic heterocycles. The number of hydrazine groups is 1. The van der Waals surface area contributed by atoms with Crippen LogP contribution in [0.25, 0.3) is 11.1 Å². The molecule has 0 radical (unpaired) electrons. The summed E-state index contributed by atoms with van der Waals surface area (Å²) in [5, 5.41) is 0. The molecule has 0 aliphatic rings. The van der Waals surface area contributed by atoms with Gasteiger partial charge >= 0.3 is 6.18 Å². The fraction of sp³-hybridized carbons (Fsp3) is 0.105. The normalized spacial score (nSPS) is 11.0. The van der Waals surface area contributed by atoms with Gasteiger partial charge in [-0.2, -0.15) is 18.2 Å². The number of carbonyl (C=O) groups is 1. The zero-order chi connectivity index (χ0) is 20.1. The van der Waals surface area contributed by atoms with Gasteiger partial charge < -0.3 is 4.74 Å². The molecule has 0 aliphatic carbocycles. The maximum Gasteiger partial charge on any atom is 0.416 e. The van der Waals surface area contributed by atoms with Crippen molar-refractivity contribution in [3.63, 3.8) is 0 Å². The molecule has 0 atom stereocenters. The minimum absolute atomic E-state index is 0.125. The maximum absolute atomic E-state index is 12.8. The number of hydrogen-bond acceptors (Lipinski definition) is 5. The van der Waals surface area contributed by atoms with E-state index in [0.717, 1.165) is 12.1 Å². The van der Waals surface area contributed by atoms with Crippen molar-refractivity contribution < 1.29 is 22.7 Å². The summed E-state index contributed by atoms with van der Waals surface area (Å²) >= 11 is 0. The number of rotatable bonds is 5. The smallest absolute Gasteiger partial charge is 0.416 e. The lowest BCUT2D eigenvalue weighted by atomic mass is 9.98. The first-order chi connectivity index (χ1) is 13.4. The van der Waals surface area contributed by atoms with Crippen molar-refractivity contribution in [2.45, 2.75) is 6.18 Å². The van der Waals surface area contributed by atoms with Crippen LogP contribution in [0.1, 0.15) is 15.9 Å². The van der Waals surface area contributed by atoms with Gasteiger partial charge in [0.05, 0.1) is 12.7 Å². The Morgan fingerprint density at radius 1 is 1.04 bits per heavy atom. The van der Waals surface area contributed by atoms with Crippen LogP contribution < -0.4 is 15.6 Å². The zero-order valence-corrected chi connectivity index (χ0v) is 14.6. The summed E-state index contributed by atoms with van der Waals surface area (Å²) in [6.07, 6.45) is -2.97. The Hall–Kier alpha value is -3.62. The Morgan fingerprint density at radius 2 is 1.75 bits per heavy atom. The lowest BCUT2D eigenvalue weighted by Gasteiger charge is -2.12. The lowest BCUT2D eigenvalue weighted by molar-refractivity contribution is -0.137. The molecule has 2 N–H and O–H groups in total. The number of ether oxygens (including phenoxy) is 1. The summed E-state index contributed by atoms with van der Waals surface area (Å²) < 4.78 is 43.2. The number of aromatic nitrogens is 2. The highest BCUT2D eigenvalue weighted by atomic mass is 19.4. The number of nitrogens with zero attached hydrogens (tertiary/aromatic N) is 2. The van der Waals surface area contributed by atoms with Gasteiger partial charge in [-0.1, -0.05) is 30.3 Å². The van der Waals surface area contributed by atoms with Gasteiger partial charge in [-0.05, 0) is 29.3 Å². The van der Waals surface area contributed by atoms with E-state index in [1.165, 1.54) is 25.4 Å². The van der Waals surface area contributed by atoms with Gasteiger partial charge in [-0.15, -0.1) is 0 Å². The minimum Gasteiger partial charge on any atom is -0.481 e. The number of methoxy groups -OCH3 is 1. The molecule has 2 aromatic carbocycles. The van der Waals surface area contributed by atoms with Gasteiger partial charge in [-0.3, -0.25) is 15.6 Å². The molecule has 0 saturated heterocycles. The Balaban J connectivity index is 1.80. The topological polar surface area (TPSA) is 76.1 Å². The fourth-order valence-electron chi connectivity index (χ4n) is 2.47. The van der Waals surface area contributed by atoms with Crippen molar-refractivity contribution >= 4 is 11.9 Å². The summed E-state index contributed by atoms with van der Waals surface area (Å²) in [5.41, 5.74) is 5.53. The molecule has 3 aromatic rings. The standard InChI is InChI=1S/C19H15F3N4O2/c1-28-16-10-11-23-18(24-16)26-25-17(27)15-5-3-2-4-14(15)12-6-8-13(9-7-12)19(20,21)22/h2-11H,1H3,(H,25,27)(H,23,24,26). The van der Waals surface area contributed by atoms with Crippen LogP contribution in [0, 0.1) is 0 Å². The van der Waals surface area contributed by atoms with Crippen LogP contribution in [0.15, 0.2) is 60.8 Å². The van der Waals surface area contributed by atoms with Crippen molar-refractivity contribution in [2.24, 2.45) is 0 Å². The van der Waals surface area contributed by atoms with Crippen molar-refractivity contribution in [3.8, 4) is 17.0 Å². The summed E-state index contributed by atoms with van der Waals surface area (Å²) in [5.74, 6) is -0.0569. The SMILES string of the molecule is COc1ccnc(NNC(=O)c2ccccc2-c2ccc(C(F)(F)F)cc2)n1. The highest BCUT2D eigenvalue weighted by molar-refractivity contribution is 6.01. The molecule has 3 rings (SSSR count). The molecule has 0 saturated carbocycles. The third kappa shape index (κ3) is 4.37. The average molecular weight is 388 g/mol. The van der Waals surface area contributed by atoms with Crippen molar-refractivity contribution in [1.29, 1.82) is 0 Å². The molecule has 0 unspecified atom stereocenters. The molecule has 144 valence electrons. The molecular weight excluding hydrogens is 373 g/mol. The van der Waals surface area contributed by atoms with Gasteiger partial charge in [0, 0.05) is 17.8 Å². The largest absolute Gasteiger partial charge is 0.481 e. The summed E-state index contributed by atoms with van der Waals surface area (Å²) in [4.78, 5) is 20.5. The van der Waals surface area contributed by atoms with Crippen molar-refractivity contribution in [1.82, 2.24) is 15.4 Å². The molecular formula is C19H15F3N4O2. The van der Waals surface area contributed by atoms with Gasteiger partial charge in [-0.25, -0.2) is 4.98 Å². The van der Waals surface area contributed by atoms with E-state index in [0.29, 0.717) is 17.0 Å². The second kappa shape index (κ2) is 7.95. The van der Waals surface area contributed by atoms with E-state index in [1.807, 2.05) is 0 Å². The van der Waals surface area contributed by atoms with Gasteiger partial charge in [0.15, 0.2) is 0 Å². The Labute approximate surface area is 158 Å². The van der Waals surface area contributed by atoms with E-state index in [4.69, 9.17) is 4.74 Å². The minimum atomic E-state index is -4.42. The second-order valence-corrected chi connectivity index (χ2v) is 5.62. The molecule has 1 heterocycles. The number of anilines is 1. The number of hydrogen-bond donors (Lipinski definition) is 2. The average Bonchev–Trinajstić information content (AvgIpc) is 2.71. The third-order valence-corrected chi connectivity index (χ3v) is 3.82. The van der Waals surface area contributed by atoms with Crippen LogP contribution in [-0.4, -0.2) is 23.0 Å². The Kier molecular flexibility index (Phi) is 5.44. The number of amides is 1. The molecule has 28 heavy (non-hydrogen) atoms. The Bertz CT molecular complexity index is 975. The third-order valence-electron chi connectivity index (χ3n) is 3.82. The monoisotopic (exact) mass is 388 g/mol. The first-order valence-electron chi connectivity index (χ1n) is 8.08. The molecule has 6 nitrogen and oxygen atoms in total. The molecule has 9 heteroatoms. The summed E-state index contributed by atoms with van der Waals surface area (Å²) in [7, 11) is 1.45. The van der Waals surface area contributed by atoms with E-state index in [-0.39, 0.29) is 11.5 Å². The molecule has 0 spiro atoms. The molecule has 1 amide bonds. The van der Waals surface area contributed by atoms with E-state index < -0.39 is 17.6 Å². The van der Waals surface area contributed by atoms with E-state index >= 15 is 0 Å². The van der Waals surface area contributed by atoms with E-state index in [9.17, 15) is 18.0 Å². The van der Waals surface area contributed by atoms with Crippen LogP contribution in [0.3, 0.4) is 0 Å². The first-order valence-corrected chi connectivity index (χ1v) is 8.08. The number of halogens is 3. The van der Waals surface area contributed by atoms with E-state index in [2.05, 4.69) is 20.8 Å². The predicted octanol–water partition coefficient (Wildman–Crippen LogP) is 3.93. The zero-order valence-electron chi connectivity index (χ0n) is 14.6. The second-order valence-electron chi connectivity index (χ2n) is 5.62. The van der Waals surface area contributed by atoms with Crippen LogP contribution in [-0.2, 0) is 6.18 Å². The van der Waals surface area contributed by atoms with Crippen LogP contribution >= 0.6 is 0 Å². The van der Waals surface area contributed by atoms with Crippen LogP contribution in [0.2, 0.25) is 0 Å². The number of alkyl halides is 3. The first kappa shape index (κ1) is 19.2. The summed E-state index contributed by atoms with van der Waals surface area (Å²) in [6.45, 7) is 0. The quantitative estimate of drug-likeness (QED) is 0.648.